The lowest BCUT2D eigenvalue weighted by molar-refractivity contribution is 0.361. The highest BCUT2D eigenvalue weighted by atomic mass is 32.2. The third-order valence-electron chi connectivity index (χ3n) is 3.01. The number of likely N-dealkylation sites (tertiary alicyclic amines) is 1. The van der Waals surface area contributed by atoms with E-state index in [2.05, 4.69) is 4.90 Å². The lowest BCUT2D eigenvalue weighted by atomic mass is 10.3. The zero-order valence-electron chi connectivity index (χ0n) is 9.69. The Morgan fingerprint density at radius 2 is 2.06 bits per heavy atom. The Bertz CT molecular complexity index is 419. The maximum atomic E-state index is 12.9. The minimum absolute atomic E-state index is 0.282. The quantitative estimate of drug-likeness (QED) is 0.833. The summed E-state index contributed by atoms with van der Waals surface area (Å²) >= 11 is 0. The average Bonchev–Trinajstić information content (AvgIpc) is 2.78. The molecule has 1 fully saturated rings. The maximum Gasteiger partial charge on any atom is 0.125 e. The first-order chi connectivity index (χ1) is 8.16. The van der Waals surface area contributed by atoms with Gasteiger partial charge in [0.2, 0.25) is 0 Å². The van der Waals surface area contributed by atoms with Crippen molar-refractivity contribution in [1.29, 1.82) is 0 Å². The van der Waals surface area contributed by atoms with Crippen molar-refractivity contribution >= 4 is 16.5 Å². The zero-order valence-corrected chi connectivity index (χ0v) is 10.5. The first kappa shape index (κ1) is 12.5. The van der Waals surface area contributed by atoms with Gasteiger partial charge >= 0.3 is 0 Å². The molecule has 0 aliphatic carbocycles. The van der Waals surface area contributed by atoms with Crippen LogP contribution in [-0.4, -0.2) is 34.5 Å². The van der Waals surface area contributed by atoms with E-state index in [9.17, 15) is 8.60 Å². The Balaban J connectivity index is 1.94. The Kier molecular flexibility index (Phi) is 4.12. The molecule has 0 amide bonds. The normalized spacial score (nSPS) is 18.4. The van der Waals surface area contributed by atoms with Gasteiger partial charge in [0.1, 0.15) is 5.82 Å². The van der Waals surface area contributed by atoms with E-state index in [1.165, 1.54) is 31.0 Å². The lowest BCUT2D eigenvalue weighted by Gasteiger charge is -2.14. The molecule has 1 heterocycles. The van der Waals surface area contributed by atoms with Crippen LogP contribution in [0.3, 0.4) is 0 Å². The molecule has 0 radical (unpaired) electrons. The van der Waals surface area contributed by atoms with E-state index in [4.69, 9.17) is 5.73 Å². The van der Waals surface area contributed by atoms with E-state index in [1.54, 1.807) is 0 Å². The van der Waals surface area contributed by atoms with Crippen LogP contribution in [-0.2, 0) is 10.8 Å². The van der Waals surface area contributed by atoms with Gasteiger partial charge in [-0.1, -0.05) is 0 Å². The highest BCUT2D eigenvalue weighted by Crippen LogP contribution is 2.18. The van der Waals surface area contributed by atoms with E-state index >= 15 is 0 Å². The number of nitrogen functional groups attached to an aromatic ring is 1. The summed E-state index contributed by atoms with van der Waals surface area (Å²) in [7, 11) is -1.13. The van der Waals surface area contributed by atoms with Gasteiger partial charge in [-0.25, -0.2) is 4.39 Å². The predicted octanol–water partition coefficient (Wildman–Crippen LogP) is 1.61. The van der Waals surface area contributed by atoms with Crippen LogP contribution < -0.4 is 5.73 Å². The molecule has 1 aliphatic heterocycles. The predicted molar refractivity (Wildman–Crippen MR) is 67.8 cm³/mol. The first-order valence-corrected chi connectivity index (χ1v) is 7.14. The number of nitrogens with zero attached hydrogens (tertiary/aromatic N) is 1. The molecule has 1 aliphatic rings. The number of hydrogen-bond acceptors (Lipinski definition) is 3. The van der Waals surface area contributed by atoms with Crippen molar-refractivity contribution in [3.05, 3.63) is 24.0 Å². The topological polar surface area (TPSA) is 46.3 Å². The monoisotopic (exact) mass is 256 g/mol. The Morgan fingerprint density at radius 3 is 2.71 bits per heavy atom. The standard InChI is InChI=1S/C12H17FN2OS/c13-10-3-4-12(11(14)9-10)17(16)8-7-15-5-1-2-6-15/h3-4,9H,1-2,5-8,14H2. The van der Waals surface area contributed by atoms with E-state index in [1.807, 2.05) is 0 Å². The number of hydrogen-bond donors (Lipinski definition) is 1. The molecule has 0 saturated carbocycles. The summed E-state index contributed by atoms with van der Waals surface area (Å²) in [5.41, 5.74) is 5.94. The smallest absolute Gasteiger partial charge is 0.125 e. The summed E-state index contributed by atoms with van der Waals surface area (Å²) in [5, 5.41) is 0. The van der Waals surface area contributed by atoms with Crippen molar-refractivity contribution in [2.75, 3.05) is 31.1 Å². The Morgan fingerprint density at radius 1 is 1.35 bits per heavy atom. The molecular weight excluding hydrogens is 239 g/mol. The van der Waals surface area contributed by atoms with Gasteiger partial charge in [0.05, 0.1) is 21.4 Å². The molecular formula is C12H17FN2OS. The van der Waals surface area contributed by atoms with E-state index in [-0.39, 0.29) is 11.5 Å². The van der Waals surface area contributed by atoms with Gasteiger partial charge in [0, 0.05) is 12.3 Å². The van der Waals surface area contributed by atoms with Gasteiger partial charge in [-0.3, -0.25) is 4.21 Å². The van der Waals surface area contributed by atoms with Crippen molar-refractivity contribution < 1.29 is 8.60 Å². The van der Waals surface area contributed by atoms with Crippen molar-refractivity contribution in [3.63, 3.8) is 0 Å². The van der Waals surface area contributed by atoms with Crippen LogP contribution in [0.4, 0.5) is 10.1 Å². The fourth-order valence-corrected chi connectivity index (χ4v) is 3.24. The van der Waals surface area contributed by atoms with Crippen LogP contribution in [0.15, 0.2) is 23.1 Å². The van der Waals surface area contributed by atoms with Crippen LogP contribution in [0.5, 0.6) is 0 Å². The van der Waals surface area contributed by atoms with Crippen molar-refractivity contribution in [2.45, 2.75) is 17.7 Å². The molecule has 1 saturated heterocycles. The van der Waals surface area contributed by atoms with E-state index in [0.717, 1.165) is 19.6 Å². The van der Waals surface area contributed by atoms with Crippen LogP contribution >= 0.6 is 0 Å². The average molecular weight is 256 g/mol. The van der Waals surface area contributed by atoms with E-state index < -0.39 is 10.8 Å². The summed E-state index contributed by atoms with van der Waals surface area (Å²) in [6, 6.07) is 4.05. The molecule has 1 atom stereocenters. The third kappa shape index (κ3) is 3.26. The molecule has 2 N–H and O–H groups in total. The summed E-state index contributed by atoms with van der Waals surface area (Å²) in [4.78, 5) is 2.85. The Hall–Kier alpha value is -0.940. The van der Waals surface area contributed by atoms with Crippen molar-refractivity contribution in [1.82, 2.24) is 4.90 Å². The van der Waals surface area contributed by atoms with Crippen LogP contribution in [0.1, 0.15) is 12.8 Å². The molecule has 1 aromatic rings. The molecule has 0 aromatic heterocycles. The third-order valence-corrected chi connectivity index (χ3v) is 4.42. The molecule has 1 aromatic carbocycles. The van der Waals surface area contributed by atoms with Crippen LogP contribution in [0.2, 0.25) is 0 Å². The summed E-state index contributed by atoms with van der Waals surface area (Å²) in [6.07, 6.45) is 2.46. The van der Waals surface area contributed by atoms with Crippen molar-refractivity contribution in [3.8, 4) is 0 Å². The SMILES string of the molecule is Nc1cc(F)ccc1S(=O)CCN1CCCC1. The molecule has 0 bridgehead atoms. The molecule has 2 rings (SSSR count). The summed E-state index contributed by atoms with van der Waals surface area (Å²) in [5.74, 6) is 0.179. The molecule has 94 valence electrons. The largest absolute Gasteiger partial charge is 0.398 e. The second-order valence-corrected chi connectivity index (χ2v) is 5.82. The van der Waals surface area contributed by atoms with Crippen molar-refractivity contribution in [2.24, 2.45) is 0 Å². The molecule has 1 unspecified atom stereocenters. The van der Waals surface area contributed by atoms with Crippen LogP contribution in [0, 0.1) is 5.82 Å². The number of halogens is 1. The zero-order chi connectivity index (χ0) is 12.3. The molecule has 0 spiro atoms. The van der Waals surface area contributed by atoms with Crippen LogP contribution in [0.25, 0.3) is 0 Å². The maximum absolute atomic E-state index is 12.9. The van der Waals surface area contributed by atoms with E-state index in [0.29, 0.717) is 10.6 Å². The molecule has 17 heavy (non-hydrogen) atoms. The molecule has 3 nitrogen and oxygen atoms in total. The summed E-state index contributed by atoms with van der Waals surface area (Å²) in [6.45, 7) is 3.01. The van der Waals surface area contributed by atoms with Gasteiger partial charge in [-0.2, -0.15) is 0 Å². The number of anilines is 1. The van der Waals surface area contributed by atoms with Gasteiger partial charge < -0.3 is 10.6 Å². The second-order valence-electron chi connectivity index (χ2n) is 4.28. The summed E-state index contributed by atoms with van der Waals surface area (Å²) < 4.78 is 24.9. The molecule has 5 heteroatoms. The number of rotatable bonds is 4. The van der Waals surface area contributed by atoms with Gasteiger partial charge in [0.15, 0.2) is 0 Å². The second kappa shape index (κ2) is 5.60. The fourth-order valence-electron chi connectivity index (χ4n) is 2.05. The highest BCUT2D eigenvalue weighted by molar-refractivity contribution is 7.85. The highest BCUT2D eigenvalue weighted by Gasteiger charge is 2.14. The van der Waals surface area contributed by atoms with Gasteiger partial charge in [0.25, 0.3) is 0 Å². The first-order valence-electron chi connectivity index (χ1n) is 5.82. The van der Waals surface area contributed by atoms with Gasteiger partial charge in [-0.05, 0) is 44.1 Å². The number of benzene rings is 1. The Labute approximate surface area is 103 Å². The minimum atomic E-state index is -1.13. The minimum Gasteiger partial charge on any atom is -0.398 e. The number of nitrogens with two attached hydrogens (primary N) is 1. The fraction of sp³-hybridized carbons (Fsp3) is 0.500. The lowest BCUT2D eigenvalue weighted by Crippen LogP contribution is -2.24. The van der Waals surface area contributed by atoms with Gasteiger partial charge in [-0.15, -0.1) is 0 Å².